The maximum absolute atomic E-state index is 12.4. The molecule has 25 heavy (non-hydrogen) atoms. The molecule has 1 aliphatic heterocycles. The highest BCUT2D eigenvalue weighted by Crippen LogP contribution is 2.32. The van der Waals surface area contributed by atoms with Crippen LogP contribution in [0.15, 0.2) is 24.3 Å². The molecule has 1 aromatic rings. The van der Waals surface area contributed by atoms with Gasteiger partial charge in [-0.25, -0.2) is 0 Å². The summed E-state index contributed by atoms with van der Waals surface area (Å²) in [6.07, 6.45) is 4.11. The Labute approximate surface area is 150 Å². The van der Waals surface area contributed by atoms with Gasteiger partial charge in [-0.15, -0.1) is 0 Å². The Bertz CT molecular complexity index is 588. The minimum absolute atomic E-state index is 0.0967. The number of hydrogen-bond acceptors (Lipinski definition) is 4. The molecule has 2 atom stereocenters. The molecule has 5 nitrogen and oxygen atoms in total. The number of benzene rings is 1. The Balaban J connectivity index is 1.63. The smallest absolute Gasteiger partial charge is 0.227 e. The summed E-state index contributed by atoms with van der Waals surface area (Å²) in [7, 11) is 0. The van der Waals surface area contributed by atoms with Gasteiger partial charge in [0.05, 0.1) is 24.2 Å². The highest BCUT2D eigenvalue weighted by Gasteiger charge is 2.33. The molecular formula is C20H30N2O3. The van der Waals surface area contributed by atoms with E-state index >= 15 is 0 Å². The number of nitrogens with one attached hydrogen (secondary N) is 1. The van der Waals surface area contributed by atoms with Gasteiger partial charge in [0.2, 0.25) is 5.91 Å². The summed E-state index contributed by atoms with van der Waals surface area (Å²) in [5.74, 6) is -0.0967. The van der Waals surface area contributed by atoms with Crippen LogP contribution >= 0.6 is 0 Å². The van der Waals surface area contributed by atoms with Crippen LogP contribution < -0.4 is 5.32 Å². The minimum atomic E-state index is -0.811. The second-order valence-electron chi connectivity index (χ2n) is 7.76. The van der Waals surface area contributed by atoms with Crippen molar-refractivity contribution < 1.29 is 14.6 Å². The third-order valence-corrected chi connectivity index (χ3v) is 5.20. The number of nitrogens with zero attached hydrogens (tertiary/aromatic N) is 1. The molecule has 1 heterocycles. The summed E-state index contributed by atoms with van der Waals surface area (Å²) in [5, 5.41) is 13.5. The number of hydrogen-bond donors (Lipinski definition) is 2. The lowest BCUT2D eigenvalue weighted by atomic mass is 9.97. The predicted octanol–water partition coefficient (Wildman–Crippen LogP) is 2.93. The van der Waals surface area contributed by atoms with E-state index in [0.717, 1.165) is 56.6 Å². The maximum Gasteiger partial charge on any atom is 0.227 e. The number of anilines is 1. The van der Waals surface area contributed by atoms with E-state index in [0.29, 0.717) is 0 Å². The lowest BCUT2D eigenvalue weighted by molar-refractivity contribution is -0.120. The van der Waals surface area contributed by atoms with E-state index in [1.807, 2.05) is 18.2 Å². The number of morpholine rings is 1. The fourth-order valence-corrected chi connectivity index (χ4v) is 4.14. The van der Waals surface area contributed by atoms with Gasteiger partial charge in [-0.05, 0) is 38.3 Å². The minimum Gasteiger partial charge on any atom is -0.389 e. The Hall–Kier alpha value is -1.43. The van der Waals surface area contributed by atoms with Crippen molar-refractivity contribution in [3.63, 3.8) is 0 Å². The van der Waals surface area contributed by atoms with Crippen LogP contribution in [-0.4, -0.2) is 46.8 Å². The lowest BCUT2D eigenvalue weighted by Gasteiger charge is -2.35. The molecule has 0 radical (unpaired) electrons. The first-order valence-corrected chi connectivity index (χ1v) is 9.41. The highest BCUT2D eigenvalue weighted by atomic mass is 16.5. The summed E-state index contributed by atoms with van der Waals surface area (Å²) < 4.78 is 5.80. The van der Waals surface area contributed by atoms with Crippen LogP contribution in [-0.2, 0) is 16.1 Å². The predicted molar refractivity (Wildman–Crippen MR) is 98.4 cm³/mol. The molecule has 5 heteroatoms. The van der Waals surface area contributed by atoms with Crippen LogP contribution in [0.1, 0.15) is 51.5 Å². The molecule has 1 saturated heterocycles. The van der Waals surface area contributed by atoms with Gasteiger partial charge >= 0.3 is 0 Å². The van der Waals surface area contributed by atoms with E-state index in [4.69, 9.17) is 4.74 Å². The van der Waals surface area contributed by atoms with Crippen LogP contribution in [0, 0.1) is 0 Å². The average Bonchev–Trinajstić information content (AvgIpc) is 2.94. The number of ether oxygens (including phenoxy) is 1. The molecule has 1 aromatic carbocycles. The molecule has 1 amide bonds. The van der Waals surface area contributed by atoms with Gasteiger partial charge < -0.3 is 15.2 Å². The molecule has 2 N–H and O–H groups in total. The van der Waals surface area contributed by atoms with Crippen molar-refractivity contribution in [2.24, 2.45) is 0 Å². The van der Waals surface area contributed by atoms with Gasteiger partial charge in [-0.2, -0.15) is 0 Å². The largest absolute Gasteiger partial charge is 0.389 e. The van der Waals surface area contributed by atoms with Gasteiger partial charge in [0.1, 0.15) is 0 Å². The van der Waals surface area contributed by atoms with Crippen molar-refractivity contribution in [1.29, 1.82) is 0 Å². The van der Waals surface area contributed by atoms with Crippen LogP contribution in [0.4, 0.5) is 5.69 Å². The maximum atomic E-state index is 12.4. The zero-order valence-corrected chi connectivity index (χ0v) is 15.3. The molecule has 1 saturated carbocycles. The van der Waals surface area contributed by atoms with Crippen molar-refractivity contribution in [3.8, 4) is 0 Å². The summed E-state index contributed by atoms with van der Waals surface area (Å²) in [6.45, 7) is 6.77. The van der Waals surface area contributed by atoms with E-state index < -0.39 is 5.60 Å². The Kier molecular flexibility index (Phi) is 5.77. The SMILES string of the molecule is CC1CN(Cc2ccccc2NC(=O)CC2(O)CCCC2)CC(C)O1. The van der Waals surface area contributed by atoms with Gasteiger partial charge in [-0.3, -0.25) is 9.69 Å². The molecular weight excluding hydrogens is 316 g/mol. The highest BCUT2D eigenvalue weighted by molar-refractivity contribution is 5.92. The Morgan fingerprint density at radius 1 is 1.24 bits per heavy atom. The molecule has 2 aliphatic rings. The number of para-hydroxylation sites is 1. The molecule has 3 rings (SSSR count). The van der Waals surface area contributed by atoms with Gasteiger partial charge in [0.15, 0.2) is 0 Å². The molecule has 0 aromatic heterocycles. The number of carbonyl (C=O) groups is 1. The molecule has 138 valence electrons. The van der Waals surface area contributed by atoms with E-state index in [2.05, 4.69) is 30.1 Å². The summed E-state index contributed by atoms with van der Waals surface area (Å²) in [5.41, 5.74) is 1.14. The lowest BCUT2D eigenvalue weighted by Crippen LogP contribution is -2.44. The fourth-order valence-electron chi connectivity index (χ4n) is 4.14. The third-order valence-electron chi connectivity index (χ3n) is 5.20. The van der Waals surface area contributed by atoms with Crippen molar-refractivity contribution in [3.05, 3.63) is 29.8 Å². The van der Waals surface area contributed by atoms with Crippen molar-refractivity contribution >= 4 is 11.6 Å². The van der Waals surface area contributed by atoms with Crippen molar-refractivity contribution in [2.75, 3.05) is 18.4 Å². The van der Waals surface area contributed by atoms with Crippen molar-refractivity contribution in [2.45, 2.75) is 70.3 Å². The van der Waals surface area contributed by atoms with Crippen molar-refractivity contribution in [1.82, 2.24) is 4.90 Å². The van der Waals surface area contributed by atoms with E-state index in [9.17, 15) is 9.90 Å². The standard InChI is InChI=1S/C20H30N2O3/c1-15-12-22(13-16(2)25-15)14-17-7-3-4-8-18(17)21-19(23)11-20(24)9-5-6-10-20/h3-4,7-8,15-16,24H,5-6,9-14H2,1-2H3,(H,21,23). The summed E-state index contributed by atoms with van der Waals surface area (Å²) in [6, 6.07) is 7.95. The number of carbonyl (C=O) groups excluding carboxylic acids is 1. The van der Waals surface area contributed by atoms with Crippen LogP contribution in [0.25, 0.3) is 0 Å². The first kappa shape index (κ1) is 18.4. The molecule has 1 aliphatic carbocycles. The topological polar surface area (TPSA) is 61.8 Å². The molecule has 0 spiro atoms. The zero-order valence-electron chi connectivity index (χ0n) is 15.3. The number of rotatable bonds is 5. The van der Waals surface area contributed by atoms with Gasteiger partial charge in [0, 0.05) is 25.3 Å². The third kappa shape index (κ3) is 5.03. The van der Waals surface area contributed by atoms with E-state index in [1.54, 1.807) is 0 Å². The van der Waals surface area contributed by atoms with Crippen LogP contribution in [0.3, 0.4) is 0 Å². The normalized spacial score (nSPS) is 26.5. The number of amides is 1. The Morgan fingerprint density at radius 3 is 2.56 bits per heavy atom. The summed E-state index contributed by atoms with van der Waals surface area (Å²) in [4.78, 5) is 14.8. The monoisotopic (exact) mass is 346 g/mol. The second-order valence-corrected chi connectivity index (χ2v) is 7.76. The first-order chi connectivity index (χ1) is 11.9. The molecule has 2 unspecified atom stereocenters. The second kappa shape index (κ2) is 7.85. The van der Waals surface area contributed by atoms with E-state index in [-0.39, 0.29) is 24.5 Å². The van der Waals surface area contributed by atoms with Crippen LogP contribution in [0.2, 0.25) is 0 Å². The Morgan fingerprint density at radius 2 is 1.88 bits per heavy atom. The first-order valence-electron chi connectivity index (χ1n) is 9.41. The van der Waals surface area contributed by atoms with E-state index in [1.165, 1.54) is 0 Å². The number of aliphatic hydroxyl groups is 1. The average molecular weight is 346 g/mol. The van der Waals surface area contributed by atoms with Crippen LogP contribution in [0.5, 0.6) is 0 Å². The molecule has 0 bridgehead atoms. The summed E-state index contributed by atoms with van der Waals surface area (Å²) >= 11 is 0. The van der Waals surface area contributed by atoms with Gasteiger partial charge in [0.25, 0.3) is 0 Å². The van der Waals surface area contributed by atoms with Gasteiger partial charge in [-0.1, -0.05) is 31.0 Å². The fraction of sp³-hybridized carbons (Fsp3) is 0.650. The quantitative estimate of drug-likeness (QED) is 0.860. The zero-order chi connectivity index (χ0) is 17.9. The molecule has 2 fully saturated rings.